The zero-order valence-corrected chi connectivity index (χ0v) is 15.7. The van der Waals surface area contributed by atoms with Crippen LogP contribution in [0.1, 0.15) is 76.1 Å². The van der Waals surface area contributed by atoms with Gasteiger partial charge in [0, 0.05) is 24.3 Å². The third kappa shape index (κ3) is 3.07. The number of hydrogen-bond donors (Lipinski definition) is 4. The molecule has 0 spiro atoms. The molecule has 2 aromatic carbocycles. The van der Waals surface area contributed by atoms with E-state index < -0.39 is 29.2 Å². The molecule has 0 saturated carbocycles. The van der Waals surface area contributed by atoms with Gasteiger partial charge in [0.1, 0.15) is 23.0 Å². The molecule has 0 radical (unpaired) electrons. The minimum Gasteiger partial charge on any atom is -0.508 e. The van der Waals surface area contributed by atoms with Crippen LogP contribution >= 0.6 is 0 Å². The van der Waals surface area contributed by atoms with Gasteiger partial charge in [0.15, 0.2) is 5.78 Å². The molecule has 2 aromatic rings. The first kappa shape index (κ1) is 19.7. The second-order valence-electron chi connectivity index (χ2n) is 6.85. The van der Waals surface area contributed by atoms with Crippen LogP contribution in [0.3, 0.4) is 0 Å². The average molecular weight is 386 g/mol. The lowest BCUT2D eigenvalue weighted by Gasteiger charge is -2.24. The number of fused-ring (bicyclic) bond motifs is 2. The molecule has 1 aliphatic rings. The molecule has 148 valence electrons. The smallest absolute Gasteiger partial charge is 0.201 e. The molecule has 0 amide bonds. The minimum atomic E-state index is -0.760. The van der Waals surface area contributed by atoms with Crippen molar-refractivity contribution < 1.29 is 34.8 Å². The maximum atomic E-state index is 13.0. The van der Waals surface area contributed by atoms with Crippen molar-refractivity contribution in [2.45, 2.75) is 38.7 Å². The third-order valence-electron chi connectivity index (χ3n) is 5.04. The molecule has 0 bridgehead atoms. The van der Waals surface area contributed by atoms with E-state index in [1.54, 1.807) is 0 Å². The first-order valence-electron chi connectivity index (χ1n) is 9.08. The molecule has 0 heterocycles. The molecule has 0 aliphatic heterocycles. The highest BCUT2D eigenvalue weighted by Gasteiger charge is 2.37. The zero-order chi connectivity index (χ0) is 20.6. The quantitative estimate of drug-likeness (QED) is 0.478. The van der Waals surface area contributed by atoms with Crippen LogP contribution in [0.5, 0.6) is 23.0 Å². The summed E-state index contributed by atoms with van der Waals surface area (Å²) in [4.78, 5) is 25.8. The maximum absolute atomic E-state index is 13.0. The van der Waals surface area contributed by atoms with Gasteiger partial charge in [-0.1, -0.05) is 26.2 Å². The molecular weight excluding hydrogens is 364 g/mol. The van der Waals surface area contributed by atoms with Gasteiger partial charge in [0.05, 0.1) is 22.8 Å². The molecule has 28 heavy (non-hydrogen) atoms. The number of carbonyl (C=O) groups is 2. The fraction of sp³-hybridized carbons (Fsp3) is 0.333. The highest BCUT2D eigenvalue weighted by Crippen LogP contribution is 2.46. The topological polar surface area (TPSA) is 124 Å². The summed E-state index contributed by atoms with van der Waals surface area (Å²) in [5.41, 5.74) is -0.913. The van der Waals surface area contributed by atoms with E-state index in [1.807, 2.05) is 6.92 Å². The first-order chi connectivity index (χ1) is 13.3. The second kappa shape index (κ2) is 7.52. The van der Waals surface area contributed by atoms with Crippen molar-refractivity contribution >= 4 is 11.6 Å². The Labute approximate surface area is 161 Å². The molecule has 1 atom stereocenters. The maximum Gasteiger partial charge on any atom is 0.201 e. The van der Waals surface area contributed by atoms with Gasteiger partial charge in [-0.25, -0.2) is 0 Å². The van der Waals surface area contributed by atoms with Gasteiger partial charge in [-0.3, -0.25) is 9.59 Å². The van der Waals surface area contributed by atoms with E-state index in [1.165, 1.54) is 7.11 Å². The van der Waals surface area contributed by atoms with Crippen LogP contribution < -0.4 is 0 Å². The largest absolute Gasteiger partial charge is 0.508 e. The lowest BCUT2D eigenvalue weighted by Crippen LogP contribution is -2.22. The molecule has 4 N–H and O–H groups in total. The summed E-state index contributed by atoms with van der Waals surface area (Å²) in [6, 6.07) is 3.15. The average Bonchev–Trinajstić information content (AvgIpc) is 2.63. The number of phenolic OH excluding ortho intramolecular Hbond substituents is 4. The molecule has 7 heteroatoms. The van der Waals surface area contributed by atoms with E-state index in [-0.39, 0.29) is 39.3 Å². The van der Waals surface area contributed by atoms with Gasteiger partial charge < -0.3 is 25.2 Å². The number of rotatable bonds is 6. The molecule has 7 nitrogen and oxygen atoms in total. The second-order valence-corrected chi connectivity index (χ2v) is 6.85. The summed E-state index contributed by atoms with van der Waals surface area (Å²) in [5, 5.41) is 41.0. The monoisotopic (exact) mass is 386 g/mol. The highest BCUT2D eigenvalue weighted by molar-refractivity contribution is 6.30. The summed E-state index contributed by atoms with van der Waals surface area (Å²) in [6.07, 6.45) is 2.57. The van der Waals surface area contributed by atoms with Crippen molar-refractivity contribution in [1.29, 1.82) is 0 Å². The number of ketones is 2. The Kier molecular flexibility index (Phi) is 5.29. The van der Waals surface area contributed by atoms with Crippen LogP contribution in [-0.2, 0) is 4.74 Å². The first-order valence-corrected chi connectivity index (χ1v) is 9.08. The van der Waals surface area contributed by atoms with Crippen molar-refractivity contribution in [3.63, 3.8) is 0 Å². The van der Waals surface area contributed by atoms with Crippen LogP contribution in [0.15, 0.2) is 18.2 Å². The van der Waals surface area contributed by atoms with Crippen molar-refractivity contribution in [1.82, 2.24) is 0 Å². The van der Waals surface area contributed by atoms with Crippen molar-refractivity contribution in [3.05, 3.63) is 46.0 Å². The van der Waals surface area contributed by atoms with Gasteiger partial charge in [-0.2, -0.15) is 0 Å². The fourth-order valence-corrected chi connectivity index (χ4v) is 3.66. The van der Waals surface area contributed by atoms with Gasteiger partial charge in [0.2, 0.25) is 5.78 Å². The van der Waals surface area contributed by atoms with Gasteiger partial charge >= 0.3 is 0 Å². The van der Waals surface area contributed by atoms with E-state index in [0.29, 0.717) is 6.42 Å². The predicted molar refractivity (Wildman–Crippen MR) is 100 cm³/mol. The van der Waals surface area contributed by atoms with Crippen LogP contribution in [0.4, 0.5) is 0 Å². The van der Waals surface area contributed by atoms with E-state index in [2.05, 4.69) is 0 Å². The Bertz CT molecular complexity index is 962. The Hall–Kier alpha value is -3.06. The Morgan fingerprint density at radius 2 is 1.57 bits per heavy atom. The lowest BCUT2D eigenvalue weighted by molar-refractivity contribution is 0.0878. The summed E-state index contributed by atoms with van der Waals surface area (Å²) in [6.45, 7) is 2.04. The summed E-state index contributed by atoms with van der Waals surface area (Å²) < 4.78 is 5.41. The number of aromatic hydroxyl groups is 4. The summed E-state index contributed by atoms with van der Waals surface area (Å²) in [7, 11) is 1.44. The van der Waals surface area contributed by atoms with Crippen molar-refractivity contribution in [3.8, 4) is 23.0 Å². The highest BCUT2D eigenvalue weighted by atomic mass is 16.5. The number of benzene rings is 2. The van der Waals surface area contributed by atoms with Crippen LogP contribution in [-0.4, -0.2) is 39.1 Å². The molecular formula is C21H22O7. The molecule has 0 saturated heterocycles. The van der Waals surface area contributed by atoms with E-state index in [9.17, 15) is 30.0 Å². The van der Waals surface area contributed by atoms with Crippen LogP contribution in [0, 0.1) is 0 Å². The zero-order valence-electron chi connectivity index (χ0n) is 15.7. The third-order valence-corrected chi connectivity index (χ3v) is 5.04. The Morgan fingerprint density at radius 1 is 0.893 bits per heavy atom. The van der Waals surface area contributed by atoms with Crippen LogP contribution in [0.2, 0.25) is 0 Å². The number of hydrogen-bond acceptors (Lipinski definition) is 7. The molecule has 3 rings (SSSR count). The number of carbonyl (C=O) groups excluding carboxylic acids is 2. The van der Waals surface area contributed by atoms with Crippen LogP contribution in [0.25, 0.3) is 0 Å². The van der Waals surface area contributed by atoms with Gasteiger partial charge in [-0.05, 0) is 18.6 Å². The molecule has 0 fully saturated rings. The minimum absolute atomic E-state index is 0.0419. The van der Waals surface area contributed by atoms with Crippen molar-refractivity contribution in [2.24, 2.45) is 0 Å². The van der Waals surface area contributed by atoms with Gasteiger partial charge in [-0.15, -0.1) is 0 Å². The Balaban J connectivity index is 2.17. The van der Waals surface area contributed by atoms with E-state index in [0.717, 1.165) is 37.5 Å². The summed E-state index contributed by atoms with van der Waals surface area (Å²) in [5.74, 6) is -3.26. The standard InChI is InChI=1S/C21H22O7/c1-3-4-5-6-15(28-2)18-14(24)9-12-17(21(18)27)20(26)16-11(19(12)25)7-10(22)8-13(16)23/h7-9,15,22-24,27H,3-6H2,1-2H3/t15-/m1/s1. The molecule has 1 aliphatic carbocycles. The van der Waals surface area contributed by atoms with Crippen molar-refractivity contribution in [2.75, 3.05) is 7.11 Å². The number of phenols is 4. The van der Waals surface area contributed by atoms with E-state index >= 15 is 0 Å². The normalized spacial score (nSPS) is 13.9. The molecule has 0 aromatic heterocycles. The SMILES string of the molecule is CCCCC[C@@H](OC)c1c(O)cc2c(c1O)C(=O)c1c(O)cc(O)cc1C2=O. The fourth-order valence-electron chi connectivity index (χ4n) is 3.66. The number of ether oxygens (including phenoxy) is 1. The number of unbranched alkanes of at least 4 members (excludes halogenated alkanes) is 2. The van der Waals surface area contributed by atoms with Gasteiger partial charge in [0.25, 0.3) is 0 Å². The lowest BCUT2D eigenvalue weighted by atomic mass is 9.81. The number of methoxy groups -OCH3 is 1. The van der Waals surface area contributed by atoms with E-state index in [4.69, 9.17) is 4.74 Å². The molecule has 0 unspecified atom stereocenters. The summed E-state index contributed by atoms with van der Waals surface area (Å²) >= 11 is 0. The Morgan fingerprint density at radius 3 is 2.21 bits per heavy atom. The predicted octanol–water partition coefficient (Wildman–Crippen LogP) is 3.55.